The highest BCUT2D eigenvalue weighted by atomic mass is 16.5. The third kappa shape index (κ3) is 3.63. The number of amides is 1. The Balaban J connectivity index is 2.85. The number of benzene rings is 1. The van der Waals surface area contributed by atoms with Crippen LogP contribution in [0.15, 0.2) is 18.2 Å². The molecule has 5 nitrogen and oxygen atoms in total. The van der Waals surface area contributed by atoms with Crippen molar-refractivity contribution in [1.29, 1.82) is 0 Å². The number of ether oxygens (including phenoxy) is 1. The van der Waals surface area contributed by atoms with Gasteiger partial charge in [-0.15, -0.1) is 0 Å². The van der Waals surface area contributed by atoms with Crippen molar-refractivity contribution in [3.8, 4) is 5.75 Å². The van der Waals surface area contributed by atoms with Crippen LogP contribution in [0.2, 0.25) is 0 Å². The number of carbonyl (C=O) groups is 1. The molecule has 0 aliphatic carbocycles. The van der Waals surface area contributed by atoms with Crippen molar-refractivity contribution in [2.24, 2.45) is 0 Å². The number of hydrogen-bond donors (Lipinski definition) is 3. The fourth-order valence-corrected chi connectivity index (χ4v) is 1.40. The first-order chi connectivity index (χ1) is 8.39. The van der Waals surface area contributed by atoms with Crippen LogP contribution >= 0.6 is 0 Å². The number of carbonyl (C=O) groups excluding carboxylic acids is 1. The van der Waals surface area contributed by atoms with Gasteiger partial charge in [-0.3, -0.25) is 4.79 Å². The van der Waals surface area contributed by atoms with Crippen molar-refractivity contribution in [2.75, 3.05) is 18.9 Å². The van der Waals surface area contributed by atoms with Gasteiger partial charge in [0, 0.05) is 5.56 Å². The van der Waals surface area contributed by atoms with Crippen molar-refractivity contribution in [3.63, 3.8) is 0 Å². The molecule has 0 bridgehead atoms. The zero-order valence-electron chi connectivity index (χ0n) is 11.0. The van der Waals surface area contributed by atoms with Crippen LogP contribution < -0.4 is 15.8 Å². The standard InChI is InChI=1S/C13H20N2O3/c1-4-18-11-6-5-9(7-10(11)14)12(17)15-13(2,3)8-16/h5-7,16H,4,8,14H2,1-3H3,(H,15,17). The average molecular weight is 252 g/mol. The molecular formula is C13H20N2O3. The van der Waals surface area contributed by atoms with Crippen LogP contribution in [0.3, 0.4) is 0 Å². The Morgan fingerprint density at radius 3 is 2.67 bits per heavy atom. The maximum Gasteiger partial charge on any atom is 0.251 e. The van der Waals surface area contributed by atoms with Gasteiger partial charge in [0.2, 0.25) is 0 Å². The summed E-state index contributed by atoms with van der Waals surface area (Å²) in [5, 5.41) is 11.8. The van der Waals surface area contributed by atoms with Crippen molar-refractivity contribution in [1.82, 2.24) is 5.32 Å². The van der Waals surface area contributed by atoms with E-state index in [2.05, 4.69) is 5.32 Å². The summed E-state index contributed by atoms with van der Waals surface area (Å²) in [5.74, 6) is 0.291. The van der Waals surface area contributed by atoms with Crippen LogP contribution in [-0.2, 0) is 0 Å². The van der Waals surface area contributed by atoms with Crippen LogP contribution in [-0.4, -0.2) is 29.8 Å². The predicted octanol–water partition coefficient (Wildman–Crippen LogP) is 1.17. The van der Waals surface area contributed by atoms with Gasteiger partial charge >= 0.3 is 0 Å². The van der Waals surface area contributed by atoms with Gasteiger partial charge in [0.15, 0.2) is 0 Å². The molecule has 0 saturated heterocycles. The fourth-order valence-electron chi connectivity index (χ4n) is 1.40. The minimum absolute atomic E-state index is 0.134. The first kappa shape index (κ1) is 14.3. The lowest BCUT2D eigenvalue weighted by Crippen LogP contribution is -2.46. The second kappa shape index (κ2) is 5.73. The van der Waals surface area contributed by atoms with Crippen molar-refractivity contribution >= 4 is 11.6 Å². The lowest BCUT2D eigenvalue weighted by molar-refractivity contribution is 0.0869. The van der Waals surface area contributed by atoms with E-state index in [0.717, 1.165) is 0 Å². The zero-order chi connectivity index (χ0) is 13.8. The molecule has 5 heteroatoms. The summed E-state index contributed by atoms with van der Waals surface area (Å²) in [6.07, 6.45) is 0. The van der Waals surface area contributed by atoms with Gasteiger partial charge < -0.3 is 20.9 Å². The van der Waals surface area contributed by atoms with Gasteiger partial charge in [-0.25, -0.2) is 0 Å². The number of nitrogens with one attached hydrogen (secondary N) is 1. The summed E-state index contributed by atoms with van der Waals surface area (Å²) in [7, 11) is 0. The molecule has 18 heavy (non-hydrogen) atoms. The minimum Gasteiger partial charge on any atom is -0.492 e. The van der Waals surface area contributed by atoms with E-state index in [1.54, 1.807) is 32.0 Å². The lowest BCUT2D eigenvalue weighted by atomic mass is 10.1. The highest BCUT2D eigenvalue weighted by Crippen LogP contribution is 2.22. The molecule has 1 rings (SSSR count). The van der Waals surface area contributed by atoms with E-state index in [1.165, 1.54) is 0 Å². The van der Waals surface area contributed by atoms with E-state index in [0.29, 0.717) is 23.6 Å². The van der Waals surface area contributed by atoms with Crippen molar-refractivity contribution in [2.45, 2.75) is 26.3 Å². The van der Waals surface area contributed by atoms with Crippen LogP contribution in [0.1, 0.15) is 31.1 Å². The minimum atomic E-state index is -0.662. The van der Waals surface area contributed by atoms with Crippen LogP contribution in [0, 0.1) is 0 Å². The molecule has 100 valence electrons. The molecule has 1 aromatic rings. The molecule has 0 saturated carbocycles. The molecule has 0 spiro atoms. The topological polar surface area (TPSA) is 84.6 Å². The van der Waals surface area contributed by atoms with E-state index in [9.17, 15) is 4.79 Å². The number of rotatable bonds is 5. The van der Waals surface area contributed by atoms with Gasteiger partial charge in [-0.05, 0) is 39.0 Å². The van der Waals surface area contributed by atoms with E-state index >= 15 is 0 Å². The summed E-state index contributed by atoms with van der Waals surface area (Å²) < 4.78 is 5.30. The normalized spacial score (nSPS) is 11.1. The largest absolute Gasteiger partial charge is 0.492 e. The third-order valence-corrected chi connectivity index (χ3v) is 2.42. The Morgan fingerprint density at radius 1 is 1.50 bits per heavy atom. The Kier molecular flexibility index (Phi) is 4.55. The molecule has 1 amide bonds. The summed E-state index contributed by atoms with van der Waals surface area (Å²) in [6, 6.07) is 4.87. The smallest absolute Gasteiger partial charge is 0.251 e. The lowest BCUT2D eigenvalue weighted by Gasteiger charge is -2.23. The molecule has 0 aromatic heterocycles. The third-order valence-electron chi connectivity index (χ3n) is 2.42. The number of aliphatic hydroxyl groups excluding tert-OH is 1. The maximum absolute atomic E-state index is 11.9. The number of nitrogens with two attached hydrogens (primary N) is 1. The summed E-state index contributed by atoms with van der Waals surface area (Å²) in [5.41, 5.74) is 5.99. The highest BCUT2D eigenvalue weighted by Gasteiger charge is 2.20. The quantitative estimate of drug-likeness (QED) is 0.687. The first-order valence-electron chi connectivity index (χ1n) is 5.85. The van der Waals surface area contributed by atoms with E-state index in [-0.39, 0.29) is 12.5 Å². The van der Waals surface area contributed by atoms with Gasteiger partial charge in [-0.1, -0.05) is 0 Å². The number of aliphatic hydroxyl groups is 1. The predicted molar refractivity (Wildman–Crippen MR) is 70.7 cm³/mol. The molecule has 0 atom stereocenters. The van der Waals surface area contributed by atoms with Crippen LogP contribution in [0.4, 0.5) is 5.69 Å². The van der Waals surface area contributed by atoms with Gasteiger partial charge in [-0.2, -0.15) is 0 Å². The summed E-state index contributed by atoms with van der Waals surface area (Å²) in [4.78, 5) is 11.9. The first-order valence-corrected chi connectivity index (χ1v) is 5.85. The fraction of sp³-hybridized carbons (Fsp3) is 0.462. The second-order valence-electron chi connectivity index (χ2n) is 4.68. The van der Waals surface area contributed by atoms with Gasteiger partial charge in [0.1, 0.15) is 5.75 Å². The SMILES string of the molecule is CCOc1ccc(C(=O)NC(C)(C)CO)cc1N. The second-order valence-corrected chi connectivity index (χ2v) is 4.68. The van der Waals surface area contributed by atoms with Crippen LogP contribution in [0.5, 0.6) is 5.75 Å². The molecule has 4 N–H and O–H groups in total. The number of anilines is 1. The van der Waals surface area contributed by atoms with Crippen molar-refractivity contribution in [3.05, 3.63) is 23.8 Å². The maximum atomic E-state index is 11.9. The average Bonchev–Trinajstić information content (AvgIpc) is 2.31. The summed E-state index contributed by atoms with van der Waals surface area (Å²) in [6.45, 7) is 5.73. The van der Waals surface area contributed by atoms with E-state index in [4.69, 9.17) is 15.6 Å². The molecule has 0 unspecified atom stereocenters. The zero-order valence-corrected chi connectivity index (χ0v) is 11.0. The monoisotopic (exact) mass is 252 g/mol. The summed E-state index contributed by atoms with van der Waals surface area (Å²) >= 11 is 0. The molecule has 0 radical (unpaired) electrons. The van der Waals surface area contributed by atoms with E-state index < -0.39 is 5.54 Å². The molecule has 0 aliphatic rings. The molecule has 1 aromatic carbocycles. The molecule has 0 fully saturated rings. The number of nitrogen functional groups attached to an aromatic ring is 1. The number of hydrogen-bond acceptors (Lipinski definition) is 4. The molecule has 0 aliphatic heterocycles. The Labute approximate surface area is 107 Å². The Morgan fingerprint density at radius 2 is 2.17 bits per heavy atom. The Bertz CT molecular complexity index is 430. The molecule has 0 heterocycles. The van der Waals surface area contributed by atoms with Gasteiger partial charge in [0.25, 0.3) is 5.91 Å². The highest BCUT2D eigenvalue weighted by molar-refractivity contribution is 5.95. The molecular weight excluding hydrogens is 232 g/mol. The van der Waals surface area contributed by atoms with E-state index in [1.807, 2.05) is 6.92 Å². The van der Waals surface area contributed by atoms with Crippen LogP contribution in [0.25, 0.3) is 0 Å². The van der Waals surface area contributed by atoms with Gasteiger partial charge in [0.05, 0.1) is 24.4 Å². The Hall–Kier alpha value is -1.75. The van der Waals surface area contributed by atoms with Crippen molar-refractivity contribution < 1.29 is 14.6 Å².